The molecule has 0 aromatic rings. The van der Waals surface area contributed by atoms with Crippen LogP contribution >= 0.6 is 0 Å². The molecule has 0 aliphatic carbocycles. The Bertz CT molecular complexity index is 412. The molecule has 0 radical (unpaired) electrons. The summed E-state index contributed by atoms with van der Waals surface area (Å²) in [5, 5.41) is 9.09. The average molecular weight is 318 g/mol. The molecule has 5 nitrogen and oxygen atoms in total. The van der Waals surface area contributed by atoms with Crippen molar-refractivity contribution in [3.8, 4) is 0 Å². The number of nitrogens with zero attached hydrogens (tertiary/aromatic N) is 2. The quantitative estimate of drug-likeness (QED) is 0.829. The molecule has 20 heavy (non-hydrogen) atoms. The van der Waals surface area contributed by atoms with Gasteiger partial charge in [0.1, 0.15) is 6.54 Å². The fraction of sp³-hybridized carbons (Fsp3) is 1.00. The Hall–Kier alpha value is -0.380. The van der Waals surface area contributed by atoms with Crippen LogP contribution in [0.3, 0.4) is 0 Å². The van der Waals surface area contributed by atoms with Crippen LogP contribution in [0.25, 0.3) is 0 Å². The summed E-state index contributed by atoms with van der Waals surface area (Å²) < 4.78 is 63.8. The van der Waals surface area contributed by atoms with Crippen LogP contribution in [0.15, 0.2) is 0 Å². The minimum absolute atomic E-state index is 0.0694. The topological polar surface area (TPSA) is 60.9 Å². The molecule has 1 N–H and O–H groups in total. The highest BCUT2D eigenvalue weighted by atomic mass is 32.2. The van der Waals surface area contributed by atoms with Crippen molar-refractivity contribution in [3.05, 3.63) is 0 Å². The molecule has 1 atom stereocenters. The van der Waals surface area contributed by atoms with Gasteiger partial charge in [-0.2, -0.15) is 30.2 Å². The third kappa shape index (κ3) is 4.57. The van der Waals surface area contributed by atoms with Crippen molar-refractivity contribution in [3.63, 3.8) is 0 Å². The van der Waals surface area contributed by atoms with Gasteiger partial charge in [0.25, 0.3) is 10.2 Å². The van der Waals surface area contributed by atoms with E-state index in [4.69, 9.17) is 5.11 Å². The van der Waals surface area contributed by atoms with Crippen LogP contribution in [0, 0.1) is 5.92 Å². The summed E-state index contributed by atoms with van der Waals surface area (Å²) in [6.45, 7) is 1.44. The van der Waals surface area contributed by atoms with Gasteiger partial charge in [0.15, 0.2) is 0 Å². The van der Waals surface area contributed by atoms with Crippen LogP contribution in [-0.2, 0) is 10.2 Å². The van der Waals surface area contributed by atoms with E-state index in [2.05, 4.69) is 0 Å². The molecule has 1 saturated heterocycles. The first kappa shape index (κ1) is 17.7. The number of aliphatic hydroxyl groups is 1. The first-order valence-electron chi connectivity index (χ1n) is 6.52. The Kier molecular flexibility index (Phi) is 5.82. The van der Waals surface area contributed by atoms with Gasteiger partial charge in [0, 0.05) is 25.7 Å². The van der Waals surface area contributed by atoms with E-state index in [1.807, 2.05) is 0 Å². The summed E-state index contributed by atoms with van der Waals surface area (Å²) in [6.07, 6.45) is -3.35. The first-order valence-corrected chi connectivity index (χ1v) is 7.92. The summed E-state index contributed by atoms with van der Waals surface area (Å²) in [5.41, 5.74) is 0. The average Bonchev–Trinajstić information content (AvgIpc) is 2.34. The first-order chi connectivity index (χ1) is 9.08. The summed E-state index contributed by atoms with van der Waals surface area (Å²) in [6, 6.07) is -0.781. The lowest BCUT2D eigenvalue weighted by Crippen LogP contribution is -2.53. The van der Waals surface area contributed by atoms with E-state index in [1.54, 1.807) is 0 Å². The van der Waals surface area contributed by atoms with Gasteiger partial charge in [0.2, 0.25) is 0 Å². The van der Waals surface area contributed by atoms with Crippen molar-refractivity contribution < 1.29 is 26.7 Å². The third-order valence-corrected chi connectivity index (χ3v) is 5.40. The summed E-state index contributed by atoms with van der Waals surface area (Å²) >= 11 is 0. The van der Waals surface area contributed by atoms with E-state index in [1.165, 1.54) is 13.8 Å². The monoisotopic (exact) mass is 318 g/mol. The van der Waals surface area contributed by atoms with E-state index in [-0.39, 0.29) is 25.6 Å². The maximum atomic E-state index is 12.5. The zero-order valence-electron chi connectivity index (χ0n) is 11.6. The second-order valence-corrected chi connectivity index (χ2v) is 7.19. The molecule has 9 heteroatoms. The Morgan fingerprint density at radius 1 is 1.40 bits per heavy atom. The van der Waals surface area contributed by atoms with Gasteiger partial charge in [-0.05, 0) is 32.6 Å². The van der Waals surface area contributed by atoms with E-state index < -0.39 is 29.0 Å². The maximum absolute atomic E-state index is 12.5. The molecule has 1 rings (SSSR count). The molecule has 1 heterocycles. The van der Waals surface area contributed by atoms with Gasteiger partial charge in [-0.1, -0.05) is 0 Å². The van der Waals surface area contributed by atoms with Crippen LogP contribution in [0.2, 0.25) is 0 Å². The van der Waals surface area contributed by atoms with Crippen LogP contribution in [0.5, 0.6) is 0 Å². The highest BCUT2D eigenvalue weighted by Gasteiger charge is 2.41. The molecule has 0 amide bonds. The van der Waals surface area contributed by atoms with Crippen molar-refractivity contribution in [2.75, 3.05) is 26.2 Å². The summed E-state index contributed by atoms with van der Waals surface area (Å²) in [5.74, 6) is -0.210. The molecule has 0 spiro atoms. The van der Waals surface area contributed by atoms with Gasteiger partial charge in [-0.15, -0.1) is 0 Å². The molecule has 1 fully saturated rings. The zero-order chi connectivity index (χ0) is 15.6. The van der Waals surface area contributed by atoms with Crippen LogP contribution in [-0.4, -0.2) is 60.6 Å². The van der Waals surface area contributed by atoms with E-state index in [0.29, 0.717) is 17.1 Å². The predicted octanol–water partition coefficient (Wildman–Crippen LogP) is 1.21. The number of hydrogen-bond acceptors (Lipinski definition) is 3. The second-order valence-electron chi connectivity index (χ2n) is 5.31. The molecule has 120 valence electrons. The second kappa shape index (κ2) is 6.59. The van der Waals surface area contributed by atoms with Crippen molar-refractivity contribution in [1.82, 2.24) is 8.61 Å². The summed E-state index contributed by atoms with van der Waals surface area (Å²) in [4.78, 5) is 0. The van der Waals surface area contributed by atoms with Gasteiger partial charge < -0.3 is 5.11 Å². The normalized spacial score (nSPS) is 22.7. The van der Waals surface area contributed by atoms with Gasteiger partial charge in [0.05, 0.1) is 0 Å². The van der Waals surface area contributed by atoms with Gasteiger partial charge in [-0.3, -0.25) is 0 Å². The number of piperidine rings is 1. The Morgan fingerprint density at radius 2 is 2.00 bits per heavy atom. The molecule has 1 aliphatic heterocycles. The lowest BCUT2D eigenvalue weighted by molar-refractivity contribution is -0.139. The predicted molar refractivity (Wildman–Crippen MR) is 68.2 cm³/mol. The molecular formula is C11H21F3N2O3S. The zero-order valence-corrected chi connectivity index (χ0v) is 12.4. The van der Waals surface area contributed by atoms with E-state index in [9.17, 15) is 21.6 Å². The molecule has 0 bridgehead atoms. The van der Waals surface area contributed by atoms with E-state index >= 15 is 0 Å². The number of aliphatic hydroxyl groups excluding tert-OH is 1. The standard InChI is InChI=1S/C11H21F3N2O3S/c1-9(2)16(8-11(12,13)14)20(18,19)15-5-3-4-10(6-15)7-17/h9-10,17H,3-8H2,1-2H3. The summed E-state index contributed by atoms with van der Waals surface area (Å²) in [7, 11) is -4.16. The molecule has 1 aliphatic rings. The number of alkyl halides is 3. The Morgan fingerprint density at radius 3 is 2.45 bits per heavy atom. The third-order valence-electron chi connectivity index (χ3n) is 3.27. The number of rotatable bonds is 5. The van der Waals surface area contributed by atoms with Crippen LogP contribution in [0.1, 0.15) is 26.7 Å². The minimum atomic E-state index is -4.58. The van der Waals surface area contributed by atoms with Crippen molar-refractivity contribution in [2.45, 2.75) is 38.9 Å². The highest BCUT2D eigenvalue weighted by molar-refractivity contribution is 7.86. The SMILES string of the molecule is CC(C)N(CC(F)(F)F)S(=O)(=O)N1CCCC(CO)C1. The fourth-order valence-electron chi connectivity index (χ4n) is 2.24. The lowest BCUT2D eigenvalue weighted by atomic mass is 10.0. The molecule has 1 unspecified atom stereocenters. The fourth-order valence-corrected chi connectivity index (χ4v) is 4.14. The Balaban J connectivity index is 2.92. The van der Waals surface area contributed by atoms with Crippen LogP contribution in [0.4, 0.5) is 13.2 Å². The largest absolute Gasteiger partial charge is 0.402 e. The number of halogens is 3. The smallest absolute Gasteiger partial charge is 0.396 e. The minimum Gasteiger partial charge on any atom is -0.396 e. The van der Waals surface area contributed by atoms with Crippen molar-refractivity contribution in [1.29, 1.82) is 0 Å². The molecular weight excluding hydrogens is 297 g/mol. The highest BCUT2D eigenvalue weighted by Crippen LogP contribution is 2.25. The van der Waals surface area contributed by atoms with E-state index in [0.717, 1.165) is 4.31 Å². The number of hydrogen-bond donors (Lipinski definition) is 1. The van der Waals surface area contributed by atoms with Crippen LogP contribution < -0.4 is 0 Å². The van der Waals surface area contributed by atoms with Gasteiger partial charge in [-0.25, -0.2) is 0 Å². The molecule has 0 aromatic carbocycles. The lowest BCUT2D eigenvalue weighted by Gasteiger charge is -2.36. The van der Waals surface area contributed by atoms with Crippen molar-refractivity contribution in [2.24, 2.45) is 5.92 Å². The maximum Gasteiger partial charge on any atom is 0.402 e. The Labute approximate surface area is 117 Å². The molecule has 0 aromatic heterocycles. The van der Waals surface area contributed by atoms with Crippen molar-refractivity contribution >= 4 is 10.2 Å². The molecule has 0 saturated carbocycles. The van der Waals surface area contributed by atoms with Gasteiger partial charge >= 0.3 is 6.18 Å².